The molecular formula is C50H56N2O6. The fraction of sp³-hybridized carbons (Fsp3) is 0.440. The number of cyclic esters (lactones) is 2. The first kappa shape index (κ1) is 38.7. The smallest absolute Gasteiger partial charge is 0.340 e. The van der Waals surface area contributed by atoms with Crippen LogP contribution in [0.4, 0.5) is 0 Å². The Morgan fingerprint density at radius 3 is 2.50 bits per heavy atom. The first-order valence-electron chi connectivity index (χ1n) is 21.6. The van der Waals surface area contributed by atoms with Gasteiger partial charge in [0.1, 0.15) is 17.3 Å². The van der Waals surface area contributed by atoms with Crippen LogP contribution in [0.3, 0.4) is 0 Å². The van der Waals surface area contributed by atoms with Gasteiger partial charge in [0, 0.05) is 30.2 Å². The Hall–Kier alpha value is -4.76. The summed E-state index contributed by atoms with van der Waals surface area (Å²) in [5, 5.41) is 28.2. The van der Waals surface area contributed by atoms with Crippen molar-refractivity contribution < 1.29 is 29.3 Å². The van der Waals surface area contributed by atoms with Gasteiger partial charge in [-0.15, -0.1) is 0 Å². The van der Waals surface area contributed by atoms with Crippen molar-refractivity contribution in [2.45, 2.75) is 71.3 Å². The number of ether oxygens (including phenoxy) is 2. The maximum absolute atomic E-state index is 14.8. The number of aromatic hydroxyl groups is 1. The van der Waals surface area contributed by atoms with Gasteiger partial charge in [-0.1, -0.05) is 61.5 Å². The zero-order valence-corrected chi connectivity index (χ0v) is 33.8. The molecule has 7 aliphatic rings. The number of phenolic OH excluding ortho intramolecular Hbond substituents is 1. The molecule has 58 heavy (non-hydrogen) atoms. The molecule has 8 heteroatoms. The third-order valence-electron chi connectivity index (χ3n) is 14.4. The number of rotatable bonds is 12. The lowest BCUT2D eigenvalue weighted by molar-refractivity contribution is -0.135. The minimum Gasteiger partial charge on any atom is -0.508 e. The fourth-order valence-electron chi connectivity index (χ4n) is 11.7. The Bertz CT molecular complexity index is 2210. The minimum absolute atomic E-state index is 0.0188. The van der Waals surface area contributed by atoms with E-state index in [1.807, 2.05) is 25.2 Å². The molecule has 0 amide bonds. The Kier molecular flexibility index (Phi) is 10.8. The van der Waals surface area contributed by atoms with Gasteiger partial charge >= 0.3 is 11.9 Å². The molecule has 4 aliphatic carbocycles. The molecule has 0 radical (unpaired) electrons. The SMILES string of the molecule is CC[C@H](/C=C1\OC(=O)C2=C(c3cc(O)ccc3-c3cccc(CNC)c3)[C@@H]3CC[C@@]21[C@H]1C2=C(CC[C@@H]31)C(=CC[C@H](CO)C1CCNCC1)OC2=O)Cc1ccccc1. The van der Waals surface area contributed by atoms with Crippen molar-refractivity contribution in [1.82, 2.24) is 10.6 Å². The number of aliphatic hydroxyl groups is 1. The molecule has 302 valence electrons. The number of esters is 2. The van der Waals surface area contributed by atoms with E-state index in [4.69, 9.17) is 9.47 Å². The lowest BCUT2D eigenvalue weighted by Gasteiger charge is -2.56. The number of phenols is 1. The first-order chi connectivity index (χ1) is 28.3. The third-order valence-corrected chi connectivity index (χ3v) is 14.4. The van der Waals surface area contributed by atoms with Crippen molar-refractivity contribution in [3.05, 3.63) is 130 Å². The number of benzene rings is 3. The molecule has 3 aromatic rings. The topological polar surface area (TPSA) is 117 Å². The van der Waals surface area contributed by atoms with Crippen LogP contribution in [0.1, 0.15) is 75.0 Å². The second-order valence-corrected chi connectivity index (χ2v) is 17.4. The standard InChI is InChI=1S/C50H56N2O6/c1-3-30(24-31-8-5-4-6-9-31)26-43-50-21-18-38(39-15-16-40-42(57-48(55)45(40)46(39)50)17-12-35(29-53)33-19-22-52-23-20-33)44(47(50)49(56)58-43)41-27-36(54)13-14-37(41)34-11-7-10-32(25-34)28-51-2/h4-11,13-14,17,25-27,30,33,35,38-39,46,51-54H,3,12,15-16,18-24,28-29H2,1-2H3/b42-17?,43-26-/t30-,35+,38+,39-,46+,50+/m0/s1. The van der Waals surface area contributed by atoms with E-state index in [1.165, 1.54) is 5.56 Å². The van der Waals surface area contributed by atoms with Gasteiger partial charge in [-0.25, -0.2) is 9.59 Å². The molecule has 0 unspecified atom stereocenters. The number of piperidine rings is 1. The van der Waals surface area contributed by atoms with E-state index < -0.39 is 5.41 Å². The number of carbonyl (C=O) groups excluding carboxylic acids is 2. The van der Waals surface area contributed by atoms with Gasteiger partial charge in [-0.05, 0) is 171 Å². The number of nitrogens with one attached hydrogen (secondary N) is 2. The summed E-state index contributed by atoms with van der Waals surface area (Å²) in [7, 11) is 1.94. The zero-order chi connectivity index (χ0) is 40.0. The second-order valence-electron chi connectivity index (χ2n) is 17.4. The van der Waals surface area contributed by atoms with Crippen molar-refractivity contribution in [2.75, 3.05) is 26.7 Å². The van der Waals surface area contributed by atoms with Crippen LogP contribution in [0.2, 0.25) is 0 Å². The molecule has 3 fully saturated rings. The summed E-state index contributed by atoms with van der Waals surface area (Å²) in [6.07, 6.45) is 11.7. The maximum atomic E-state index is 14.8. The average Bonchev–Trinajstić information content (AvgIpc) is 3.73. The van der Waals surface area contributed by atoms with E-state index >= 15 is 0 Å². The van der Waals surface area contributed by atoms with Crippen molar-refractivity contribution in [1.29, 1.82) is 0 Å². The average molecular weight is 781 g/mol. The van der Waals surface area contributed by atoms with Gasteiger partial charge in [0.05, 0.1) is 11.0 Å². The highest BCUT2D eigenvalue weighted by atomic mass is 16.5. The number of hydrogen-bond acceptors (Lipinski definition) is 8. The van der Waals surface area contributed by atoms with Crippen LogP contribution in [0, 0.1) is 40.9 Å². The Labute approximate surface area is 342 Å². The predicted molar refractivity (Wildman–Crippen MR) is 225 cm³/mol. The molecule has 6 atom stereocenters. The maximum Gasteiger partial charge on any atom is 0.340 e. The molecule has 3 aromatic carbocycles. The molecule has 3 heterocycles. The minimum atomic E-state index is -0.856. The highest BCUT2D eigenvalue weighted by Gasteiger charge is 2.68. The second kappa shape index (κ2) is 16.1. The molecule has 2 saturated heterocycles. The van der Waals surface area contributed by atoms with Crippen molar-refractivity contribution in [3.63, 3.8) is 0 Å². The molecular weight excluding hydrogens is 725 g/mol. The van der Waals surface area contributed by atoms with Crippen LogP contribution < -0.4 is 10.6 Å². The summed E-state index contributed by atoms with van der Waals surface area (Å²) in [4.78, 5) is 29.2. The summed E-state index contributed by atoms with van der Waals surface area (Å²) in [6, 6.07) is 24.4. The van der Waals surface area contributed by atoms with Crippen LogP contribution in [0.5, 0.6) is 5.75 Å². The fourth-order valence-corrected chi connectivity index (χ4v) is 11.7. The van der Waals surface area contributed by atoms with Crippen molar-refractivity contribution in [2.24, 2.45) is 40.9 Å². The van der Waals surface area contributed by atoms with Crippen LogP contribution >= 0.6 is 0 Å². The summed E-state index contributed by atoms with van der Waals surface area (Å²) < 4.78 is 12.8. The normalized spacial score (nSPS) is 27.7. The molecule has 8 nitrogen and oxygen atoms in total. The monoisotopic (exact) mass is 780 g/mol. The Morgan fingerprint density at radius 1 is 0.914 bits per heavy atom. The molecule has 0 aromatic heterocycles. The van der Waals surface area contributed by atoms with Gasteiger partial charge in [-0.3, -0.25) is 0 Å². The van der Waals surface area contributed by atoms with Crippen LogP contribution in [0.25, 0.3) is 16.7 Å². The molecule has 3 aliphatic heterocycles. The van der Waals surface area contributed by atoms with Gasteiger partial charge in [0.15, 0.2) is 0 Å². The van der Waals surface area contributed by atoms with E-state index in [1.54, 1.807) is 6.07 Å². The molecule has 1 saturated carbocycles. The highest BCUT2D eigenvalue weighted by molar-refractivity contribution is 6.07. The Balaban J connectivity index is 1.21. The largest absolute Gasteiger partial charge is 0.508 e. The number of aliphatic hydroxyl groups excluding tert-OH is 1. The molecule has 10 rings (SSSR count). The van der Waals surface area contributed by atoms with E-state index in [2.05, 4.69) is 78.2 Å². The lowest BCUT2D eigenvalue weighted by Crippen LogP contribution is -2.52. The summed E-state index contributed by atoms with van der Waals surface area (Å²) in [5.41, 5.74) is 7.64. The van der Waals surface area contributed by atoms with E-state index in [0.29, 0.717) is 47.8 Å². The summed E-state index contributed by atoms with van der Waals surface area (Å²) in [5.74, 6) is 1.21. The molecule has 4 N–H and O–H groups in total. The van der Waals surface area contributed by atoms with E-state index in [9.17, 15) is 19.8 Å². The molecule has 2 bridgehead atoms. The van der Waals surface area contributed by atoms with Crippen molar-refractivity contribution >= 4 is 17.5 Å². The third kappa shape index (κ3) is 6.67. The van der Waals surface area contributed by atoms with Gasteiger partial charge in [-0.2, -0.15) is 0 Å². The number of carbonyl (C=O) groups is 2. The summed E-state index contributed by atoms with van der Waals surface area (Å²) in [6.45, 7) is 4.92. The van der Waals surface area contributed by atoms with Gasteiger partial charge in [0.25, 0.3) is 0 Å². The van der Waals surface area contributed by atoms with Crippen LogP contribution in [-0.2, 0) is 32.0 Å². The van der Waals surface area contributed by atoms with E-state index in [-0.39, 0.29) is 53.9 Å². The number of allylic oxidation sites excluding steroid dienone is 5. The van der Waals surface area contributed by atoms with E-state index in [0.717, 1.165) is 91.6 Å². The highest BCUT2D eigenvalue weighted by Crippen LogP contribution is 2.72. The number of fused-ring (bicyclic) bond motifs is 1. The van der Waals surface area contributed by atoms with Crippen LogP contribution in [0.15, 0.2) is 113 Å². The Morgan fingerprint density at radius 2 is 1.72 bits per heavy atom. The molecule has 1 spiro atoms. The summed E-state index contributed by atoms with van der Waals surface area (Å²) >= 11 is 0. The van der Waals surface area contributed by atoms with Crippen molar-refractivity contribution in [3.8, 4) is 16.9 Å². The number of hydrogen-bond donors (Lipinski definition) is 4. The van der Waals surface area contributed by atoms with Gasteiger partial charge < -0.3 is 30.3 Å². The van der Waals surface area contributed by atoms with Crippen LogP contribution in [-0.4, -0.2) is 48.9 Å². The quantitative estimate of drug-likeness (QED) is 0.136. The zero-order valence-electron chi connectivity index (χ0n) is 33.8. The lowest BCUT2D eigenvalue weighted by atomic mass is 9.44. The van der Waals surface area contributed by atoms with Gasteiger partial charge in [0.2, 0.25) is 0 Å². The first-order valence-corrected chi connectivity index (χ1v) is 21.6. The predicted octanol–water partition coefficient (Wildman–Crippen LogP) is 8.41.